The van der Waals surface area contributed by atoms with Gasteiger partial charge in [0.15, 0.2) is 5.69 Å². The summed E-state index contributed by atoms with van der Waals surface area (Å²) < 4.78 is 0. The highest BCUT2D eigenvalue weighted by molar-refractivity contribution is 5.97. The maximum Gasteiger partial charge on any atom is 0.316 e. The van der Waals surface area contributed by atoms with E-state index < -0.39 is 4.92 Å². The number of hydrogen-bond donors (Lipinski definition) is 1. The molecule has 3 aromatic rings. The summed E-state index contributed by atoms with van der Waals surface area (Å²) in [4.78, 5) is 18.9. The summed E-state index contributed by atoms with van der Waals surface area (Å²) in [5.41, 5.74) is 6.74. The van der Waals surface area contributed by atoms with Gasteiger partial charge in [-0.1, -0.05) is 42.5 Å². The molecule has 104 valence electrons. The Hall–Kier alpha value is -3.02. The number of nitrogens with two attached hydrogens (primary N) is 1. The second-order valence-electron chi connectivity index (χ2n) is 4.65. The molecule has 21 heavy (non-hydrogen) atoms. The van der Waals surface area contributed by atoms with Crippen molar-refractivity contribution in [3.63, 3.8) is 0 Å². The van der Waals surface area contributed by atoms with Crippen LogP contribution in [0.15, 0.2) is 42.5 Å². The molecule has 2 aromatic carbocycles. The van der Waals surface area contributed by atoms with Crippen LogP contribution in [-0.2, 0) is 0 Å². The highest BCUT2D eigenvalue weighted by Gasteiger charge is 2.23. The van der Waals surface area contributed by atoms with E-state index in [1.54, 1.807) is 13.0 Å². The van der Waals surface area contributed by atoms with Crippen molar-refractivity contribution >= 4 is 22.4 Å². The zero-order valence-electron chi connectivity index (χ0n) is 11.3. The van der Waals surface area contributed by atoms with E-state index >= 15 is 0 Å². The number of hydrogen-bond acceptors (Lipinski definition) is 5. The highest BCUT2D eigenvalue weighted by Crippen LogP contribution is 2.35. The highest BCUT2D eigenvalue weighted by atomic mass is 16.6. The van der Waals surface area contributed by atoms with Gasteiger partial charge in [0.05, 0.1) is 4.92 Å². The van der Waals surface area contributed by atoms with Gasteiger partial charge in [-0.2, -0.15) is 0 Å². The molecule has 6 nitrogen and oxygen atoms in total. The predicted octanol–water partition coefficient (Wildman–Crippen LogP) is 3.10. The van der Waals surface area contributed by atoms with Crippen LogP contribution >= 0.6 is 0 Å². The van der Waals surface area contributed by atoms with Crippen LogP contribution in [0.25, 0.3) is 22.0 Å². The normalized spacial score (nSPS) is 10.7. The lowest BCUT2D eigenvalue weighted by Crippen LogP contribution is -2.04. The monoisotopic (exact) mass is 280 g/mol. The summed E-state index contributed by atoms with van der Waals surface area (Å²) in [5, 5.41) is 13.2. The standard InChI is InChI=1S/C15H12N4O2/c1-9-14(19(20)21)13(18-15(16)17-9)12-8-4-6-10-5-2-3-7-11(10)12/h2-8H,1H3,(H2,16,17,18). The molecule has 0 bridgehead atoms. The Balaban J connectivity index is 2.41. The molecule has 3 rings (SSSR count). The van der Waals surface area contributed by atoms with Crippen molar-refractivity contribution in [3.05, 3.63) is 58.3 Å². The van der Waals surface area contributed by atoms with Gasteiger partial charge in [0.25, 0.3) is 0 Å². The van der Waals surface area contributed by atoms with Gasteiger partial charge in [-0.3, -0.25) is 10.1 Å². The number of nitro groups is 1. The van der Waals surface area contributed by atoms with Crippen LogP contribution in [0.5, 0.6) is 0 Å². The minimum atomic E-state index is -0.466. The van der Waals surface area contributed by atoms with Crippen molar-refractivity contribution in [2.75, 3.05) is 5.73 Å². The second-order valence-corrected chi connectivity index (χ2v) is 4.65. The summed E-state index contributed by atoms with van der Waals surface area (Å²) in [6.45, 7) is 1.56. The average molecular weight is 280 g/mol. The molecule has 6 heteroatoms. The summed E-state index contributed by atoms with van der Waals surface area (Å²) in [5.74, 6) is 0.0287. The van der Waals surface area contributed by atoms with Gasteiger partial charge in [0.2, 0.25) is 5.95 Å². The Kier molecular flexibility index (Phi) is 2.98. The maximum atomic E-state index is 11.3. The Bertz CT molecular complexity index is 856. The Morgan fingerprint density at radius 2 is 1.81 bits per heavy atom. The molecule has 0 atom stereocenters. The third kappa shape index (κ3) is 2.16. The molecule has 0 saturated carbocycles. The van der Waals surface area contributed by atoms with Crippen molar-refractivity contribution in [3.8, 4) is 11.3 Å². The van der Waals surface area contributed by atoms with Gasteiger partial charge < -0.3 is 5.73 Å². The van der Waals surface area contributed by atoms with Crippen LogP contribution in [-0.4, -0.2) is 14.9 Å². The minimum absolute atomic E-state index is 0.0287. The molecule has 0 amide bonds. The van der Waals surface area contributed by atoms with Gasteiger partial charge in [-0.05, 0) is 17.7 Å². The van der Waals surface area contributed by atoms with Crippen LogP contribution < -0.4 is 5.73 Å². The molecule has 0 saturated heterocycles. The van der Waals surface area contributed by atoms with Crippen molar-refractivity contribution in [1.82, 2.24) is 9.97 Å². The van der Waals surface area contributed by atoms with E-state index in [1.807, 2.05) is 36.4 Å². The fraction of sp³-hybridized carbons (Fsp3) is 0.0667. The van der Waals surface area contributed by atoms with Gasteiger partial charge in [-0.15, -0.1) is 0 Å². The molecule has 0 aliphatic carbocycles. The van der Waals surface area contributed by atoms with Crippen molar-refractivity contribution in [2.24, 2.45) is 0 Å². The molecule has 0 unspecified atom stereocenters. The van der Waals surface area contributed by atoms with Crippen LogP contribution in [0.1, 0.15) is 5.69 Å². The number of fused-ring (bicyclic) bond motifs is 1. The molecule has 0 aliphatic rings. The van der Waals surface area contributed by atoms with Crippen molar-refractivity contribution in [2.45, 2.75) is 6.92 Å². The molecule has 0 fully saturated rings. The minimum Gasteiger partial charge on any atom is -0.368 e. The van der Waals surface area contributed by atoms with Crippen LogP contribution in [0, 0.1) is 17.0 Å². The predicted molar refractivity (Wildman–Crippen MR) is 80.8 cm³/mol. The topological polar surface area (TPSA) is 94.9 Å². The van der Waals surface area contributed by atoms with Gasteiger partial charge in [0, 0.05) is 5.56 Å². The molecule has 0 radical (unpaired) electrons. The number of nitrogen functional groups attached to an aromatic ring is 1. The SMILES string of the molecule is Cc1nc(N)nc(-c2cccc3ccccc23)c1[N+](=O)[O-]. The quantitative estimate of drug-likeness (QED) is 0.575. The van der Waals surface area contributed by atoms with Crippen molar-refractivity contribution in [1.29, 1.82) is 0 Å². The van der Waals surface area contributed by atoms with Crippen molar-refractivity contribution < 1.29 is 4.92 Å². The molecular formula is C15H12N4O2. The smallest absolute Gasteiger partial charge is 0.316 e. The average Bonchev–Trinajstić information content (AvgIpc) is 2.45. The largest absolute Gasteiger partial charge is 0.368 e. The van der Waals surface area contributed by atoms with E-state index in [1.165, 1.54) is 0 Å². The Morgan fingerprint density at radius 3 is 2.57 bits per heavy atom. The number of benzene rings is 2. The lowest BCUT2D eigenvalue weighted by Gasteiger charge is -2.08. The summed E-state index contributed by atoms with van der Waals surface area (Å²) in [6.07, 6.45) is 0. The maximum absolute atomic E-state index is 11.3. The lowest BCUT2D eigenvalue weighted by atomic mass is 10.0. The van der Waals surface area contributed by atoms with E-state index in [0.717, 1.165) is 10.8 Å². The van der Waals surface area contributed by atoms with E-state index in [9.17, 15) is 10.1 Å². The first-order valence-corrected chi connectivity index (χ1v) is 6.34. The van der Waals surface area contributed by atoms with Gasteiger partial charge in [0.1, 0.15) is 5.69 Å². The summed E-state index contributed by atoms with van der Waals surface area (Å²) in [7, 11) is 0. The van der Waals surface area contributed by atoms with E-state index in [4.69, 9.17) is 5.73 Å². The molecule has 1 aromatic heterocycles. The third-order valence-corrected chi connectivity index (χ3v) is 3.30. The third-order valence-electron chi connectivity index (χ3n) is 3.30. The number of anilines is 1. The van der Waals surface area contributed by atoms with E-state index in [0.29, 0.717) is 5.56 Å². The number of aryl methyl sites for hydroxylation is 1. The molecule has 0 spiro atoms. The molecule has 2 N–H and O–H groups in total. The first-order chi connectivity index (χ1) is 10.1. The zero-order chi connectivity index (χ0) is 15.0. The number of aromatic nitrogens is 2. The second kappa shape index (κ2) is 4.82. The van der Waals surface area contributed by atoms with Crippen LogP contribution in [0.4, 0.5) is 11.6 Å². The van der Waals surface area contributed by atoms with E-state index in [2.05, 4.69) is 9.97 Å². The Labute approximate surface area is 120 Å². The van der Waals surface area contributed by atoms with Gasteiger partial charge >= 0.3 is 5.69 Å². The van der Waals surface area contributed by atoms with Gasteiger partial charge in [-0.25, -0.2) is 9.97 Å². The Morgan fingerprint density at radius 1 is 1.10 bits per heavy atom. The molecule has 0 aliphatic heterocycles. The fourth-order valence-corrected chi connectivity index (χ4v) is 2.43. The first kappa shape index (κ1) is 13.0. The van der Waals surface area contributed by atoms with Crippen LogP contribution in [0.2, 0.25) is 0 Å². The summed E-state index contributed by atoms with van der Waals surface area (Å²) >= 11 is 0. The fourth-order valence-electron chi connectivity index (χ4n) is 2.43. The molecular weight excluding hydrogens is 268 g/mol. The number of nitrogens with zero attached hydrogens (tertiary/aromatic N) is 3. The lowest BCUT2D eigenvalue weighted by molar-refractivity contribution is -0.385. The first-order valence-electron chi connectivity index (χ1n) is 6.34. The van der Waals surface area contributed by atoms with E-state index in [-0.39, 0.29) is 23.0 Å². The zero-order valence-corrected chi connectivity index (χ0v) is 11.3. The van der Waals surface area contributed by atoms with Crippen LogP contribution in [0.3, 0.4) is 0 Å². The number of rotatable bonds is 2. The summed E-state index contributed by atoms with van der Waals surface area (Å²) in [6, 6.07) is 13.2. The molecule has 1 heterocycles.